The molecule has 5 atom stereocenters. The second kappa shape index (κ2) is 8.13. The zero-order chi connectivity index (χ0) is 16.9. The maximum absolute atomic E-state index is 11.4. The number of ether oxygens (including phenoxy) is 2. The standard InChI is InChI=1S/C20H29NO3/c1-14-20(24-15(2)22)11-18-17(9-6-10-19(18)21-14)13-23-12-16-7-4-3-5-8-16/h3-5,7-8,14,17-21H,6,9-13H2,1-2H3/t14-,17-,18-,19+,20-/m0/s1. The van der Waals surface area contributed by atoms with E-state index in [1.807, 2.05) is 18.2 Å². The van der Waals surface area contributed by atoms with Crippen LogP contribution in [0, 0.1) is 11.8 Å². The molecule has 1 N–H and O–H groups in total. The molecule has 132 valence electrons. The molecule has 1 saturated heterocycles. The van der Waals surface area contributed by atoms with E-state index >= 15 is 0 Å². The first kappa shape index (κ1) is 17.4. The molecule has 3 rings (SSSR count). The Labute approximate surface area is 144 Å². The lowest BCUT2D eigenvalue weighted by Gasteiger charge is -2.46. The highest BCUT2D eigenvalue weighted by Crippen LogP contribution is 2.38. The molecule has 1 aliphatic carbocycles. The lowest BCUT2D eigenvalue weighted by molar-refractivity contribution is -0.151. The molecule has 0 amide bonds. The first-order valence-corrected chi connectivity index (χ1v) is 9.18. The molecule has 0 radical (unpaired) electrons. The first-order valence-electron chi connectivity index (χ1n) is 9.18. The lowest BCUT2D eigenvalue weighted by Crippen LogP contribution is -2.57. The van der Waals surface area contributed by atoms with Gasteiger partial charge < -0.3 is 14.8 Å². The van der Waals surface area contributed by atoms with Crippen LogP contribution in [0.5, 0.6) is 0 Å². The molecule has 0 aromatic heterocycles. The number of benzene rings is 1. The van der Waals surface area contributed by atoms with Gasteiger partial charge in [-0.05, 0) is 43.6 Å². The molecule has 1 heterocycles. The van der Waals surface area contributed by atoms with Crippen molar-refractivity contribution in [3.63, 3.8) is 0 Å². The molecule has 2 aliphatic rings. The molecule has 4 nitrogen and oxygen atoms in total. The molecule has 24 heavy (non-hydrogen) atoms. The number of hydrogen-bond acceptors (Lipinski definition) is 4. The van der Waals surface area contributed by atoms with Crippen LogP contribution in [-0.2, 0) is 20.9 Å². The molecule has 1 aromatic carbocycles. The molecule has 0 bridgehead atoms. The van der Waals surface area contributed by atoms with E-state index in [9.17, 15) is 4.79 Å². The van der Waals surface area contributed by atoms with Crippen LogP contribution >= 0.6 is 0 Å². The monoisotopic (exact) mass is 331 g/mol. The summed E-state index contributed by atoms with van der Waals surface area (Å²) in [4.78, 5) is 11.4. The minimum Gasteiger partial charge on any atom is -0.461 e. The summed E-state index contributed by atoms with van der Waals surface area (Å²) in [5.41, 5.74) is 1.22. The summed E-state index contributed by atoms with van der Waals surface area (Å²) in [6.07, 6.45) is 4.62. The number of carbonyl (C=O) groups is 1. The van der Waals surface area contributed by atoms with Crippen molar-refractivity contribution in [1.82, 2.24) is 5.32 Å². The van der Waals surface area contributed by atoms with Gasteiger partial charge in [0.05, 0.1) is 13.2 Å². The van der Waals surface area contributed by atoms with Gasteiger partial charge in [-0.3, -0.25) is 4.79 Å². The smallest absolute Gasteiger partial charge is 0.302 e. The topological polar surface area (TPSA) is 47.6 Å². The highest BCUT2D eigenvalue weighted by molar-refractivity contribution is 5.66. The van der Waals surface area contributed by atoms with Gasteiger partial charge in [-0.1, -0.05) is 36.8 Å². The number of esters is 1. The van der Waals surface area contributed by atoms with Gasteiger partial charge in [0, 0.05) is 19.0 Å². The summed E-state index contributed by atoms with van der Waals surface area (Å²) in [7, 11) is 0. The van der Waals surface area contributed by atoms with E-state index in [0.29, 0.717) is 24.5 Å². The summed E-state index contributed by atoms with van der Waals surface area (Å²) in [5.74, 6) is 0.903. The van der Waals surface area contributed by atoms with Crippen molar-refractivity contribution < 1.29 is 14.3 Å². The number of fused-ring (bicyclic) bond motifs is 1. The number of carbonyl (C=O) groups excluding carboxylic acids is 1. The Hall–Kier alpha value is -1.39. The largest absolute Gasteiger partial charge is 0.461 e. The third kappa shape index (κ3) is 4.37. The van der Waals surface area contributed by atoms with Crippen molar-refractivity contribution in [1.29, 1.82) is 0 Å². The van der Waals surface area contributed by atoms with Crippen molar-refractivity contribution in [2.24, 2.45) is 11.8 Å². The van der Waals surface area contributed by atoms with Crippen molar-refractivity contribution in [3.05, 3.63) is 35.9 Å². The Morgan fingerprint density at radius 1 is 1.25 bits per heavy atom. The Balaban J connectivity index is 1.56. The molecular formula is C20H29NO3. The van der Waals surface area contributed by atoms with Crippen molar-refractivity contribution >= 4 is 5.97 Å². The van der Waals surface area contributed by atoms with Crippen LogP contribution in [0.3, 0.4) is 0 Å². The fourth-order valence-electron chi connectivity index (χ4n) is 4.31. The van der Waals surface area contributed by atoms with Gasteiger partial charge >= 0.3 is 5.97 Å². The highest BCUT2D eigenvalue weighted by Gasteiger charge is 2.41. The van der Waals surface area contributed by atoms with Crippen molar-refractivity contribution in [2.45, 2.75) is 64.3 Å². The Kier molecular flexibility index (Phi) is 5.90. The summed E-state index contributed by atoms with van der Waals surface area (Å²) >= 11 is 0. The lowest BCUT2D eigenvalue weighted by atomic mass is 9.70. The third-order valence-corrected chi connectivity index (χ3v) is 5.51. The van der Waals surface area contributed by atoms with E-state index < -0.39 is 0 Å². The van der Waals surface area contributed by atoms with E-state index in [0.717, 1.165) is 13.0 Å². The predicted molar refractivity (Wildman–Crippen MR) is 93.5 cm³/mol. The zero-order valence-electron chi connectivity index (χ0n) is 14.7. The minimum atomic E-state index is -0.181. The summed E-state index contributed by atoms with van der Waals surface area (Å²) < 4.78 is 11.5. The fraction of sp³-hybridized carbons (Fsp3) is 0.650. The predicted octanol–water partition coefficient (Wildman–Crippen LogP) is 3.30. The number of nitrogens with one attached hydrogen (secondary N) is 1. The van der Waals surface area contributed by atoms with Gasteiger partial charge in [0.1, 0.15) is 6.10 Å². The van der Waals surface area contributed by atoms with Gasteiger partial charge in [-0.15, -0.1) is 0 Å². The number of piperidine rings is 1. The van der Waals surface area contributed by atoms with Crippen LogP contribution < -0.4 is 5.32 Å². The fourth-order valence-corrected chi connectivity index (χ4v) is 4.31. The second-order valence-corrected chi connectivity index (χ2v) is 7.30. The molecule has 4 heteroatoms. The molecule has 0 spiro atoms. The van der Waals surface area contributed by atoms with E-state index in [4.69, 9.17) is 9.47 Å². The normalized spacial score (nSPS) is 32.8. The minimum absolute atomic E-state index is 0.0153. The number of rotatable bonds is 5. The number of hydrogen-bond donors (Lipinski definition) is 1. The van der Waals surface area contributed by atoms with Crippen LogP contribution in [-0.4, -0.2) is 30.8 Å². The maximum atomic E-state index is 11.4. The van der Waals surface area contributed by atoms with Gasteiger partial charge in [-0.2, -0.15) is 0 Å². The summed E-state index contributed by atoms with van der Waals surface area (Å²) in [6, 6.07) is 11.1. The average molecular weight is 331 g/mol. The Bertz CT molecular complexity index is 533. The van der Waals surface area contributed by atoms with Crippen LogP contribution in [0.15, 0.2) is 30.3 Å². The third-order valence-electron chi connectivity index (χ3n) is 5.51. The molecule has 0 unspecified atom stereocenters. The van der Waals surface area contributed by atoms with E-state index in [2.05, 4.69) is 24.4 Å². The van der Waals surface area contributed by atoms with Crippen molar-refractivity contribution in [3.8, 4) is 0 Å². The maximum Gasteiger partial charge on any atom is 0.302 e. The average Bonchev–Trinajstić information content (AvgIpc) is 2.56. The van der Waals surface area contributed by atoms with E-state index in [1.54, 1.807) is 0 Å². The summed E-state index contributed by atoms with van der Waals surface area (Å²) in [5, 5.41) is 3.68. The zero-order valence-corrected chi connectivity index (χ0v) is 14.7. The molecule has 1 aromatic rings. The van der Waals surface area contributed by atoms with Gasteiger partial charge in [0.25, 0.3) is 0 Å². The SMILES string of the molecule is CC(=O)O[C@H]1C[C@H]2[C@H](COCc3ccccc3)CCC[C@H]2N[C@H]1C. The molecule has 2 fully saturated rings. The van der Waals surface area contributed by atoms with E-state index in [-0.39, 0.29) is 18.1 Å². The van der Waals surface area contributed by atoms with Crippen molar-refractivity contribution in [2.75, 3.05) is 6.61 Å². The molecule has 1 aliphatic heterocycles. The Morgan fingerprint density at radius 2 is 2.04 bits per heavy atom. The van der Waals surface area contributed by atoms with Crippen LogP contribution in [0.1, 0.15) is 45.1 Å². The Morgan fingerprint density at radius 3 is 2.79 bits per heavy atom. The van der Waals surface area contributed by atoms with Crippen LogP contribution in [0.2, 0.25) is 0 Å². The second-order valence-electron chi connectivity index (χ2n) is 7.30. The van der Waals surface area contributed by atoms with Crippen LogP contribution in [0.25, 0.3) is 0 Å². The van der Waals surface area contributed by atoms with E-state index in [1.165, 1.54) is 31.7 Å². The quantitative estimate of drug-likeness (QED) is 0.841. The molecule has 1 saturated carbocycles. The van der Waals surface area contributed by atoms with Gasteiger partial charge in [0.2, 0.25) is 0 Å². The molecular weight excluding hydrogens is 302 g/mol. The highest BCUT2D eigenvalue weighted by atomic mass is 16.5. The first-order chi connectivity index (χ1) is 11.6. The van der Waals surface area contributed by atoms with Gasteiger partial charge in [0.15, 0.2) is 0 Å². The van der Waals surface area contributed by atoms with Crippen LogP contribution in [0.4, 0.5) is 0 Å². The summed E-state index contributed by atoms with van der Waals surface area (Å²) in [6.45, 7) is 5.09. The van der Waals surface area contributed by atoms with Gasteiger partial charge in [-0.25, -0.2) is 0 Å².